The molecule has 2 heterocycles. The molecule has 1 N–H and O–H groups in total. The molecule has 0 atom stereocenters. The van der Waals surface area contributed by atoms with Crippen molar-refractivity contribution in [1.82, 2.24) is 9.78 Å². The van der Waals surface area contributed by atoms with Gasteiger partial charge in [-0.3, -0.25) is 4.79 Å². The lowest BCUT2D eigenvalue weighted by atomic mass is 10.2. The molecule has 1 aliphatic rings. The van der Waals surface area contributed by atoms with Crippen molar-refractivity contribution in [1.29, 1.82) is 0 Å². The highest BCUT2D eigenvalue weighted by Crippen LogP contribution is 2.36. The number of amides is 1. The topological polar surface area (TPSA) is 50.2 Å². The summed E-state index contributed by atoms with van der Waals surface area (Å²) in [5.41, 5.74) is 2.83. The second kappa shape index (κ2) is 5.60. The Kier molecular flexibility index (Phi) is 3.64. The Balaban J connectivity index is 2.14. The van der Waals surface area contributed by atoms with Gasteiger partial charge in [-0.2, -0.15) is 5.10 Å². The van der Waals surface area contributed by atoms with Gasteiger partial charge in [-0.15, -0.1) is 0 Å². The van der Waals surface area contributed by atoms with E-state index < -0.39 is 0 Å². The van der Waals surface area contributed by atoms with E-state index in [1.54, 1.807) is 0 Å². The van der Waals surface area contributed by atoms with Crippen LogP contribution < -0.4 is 10.2 Å². The quantitative estimate of drug-likeness (QED) is 0.922. The molecule has 0 fully saturated rings. The number of rotatable bonds is 2. The van der Waals surface area contributed by atoms with Crippen LogP contribution in [0.25, 0.3) is 0 Å². The average Bonchev–Trinajstić information content (AvgIpc) is 2.78. The van der Waals surface area contributed by atoms with E-state index in [2.05, 4.69) is 34.4 Å². The van der Waals surface area contributed by atoms with Crippen LogP contribution in [0.5, 0.6) is 0 Å². The summed E-state index contributed by atoms with van der Waals surface area (Å²) in [7, 11) is 0. The Morgan fingerprint density at radius 2 is 2.05 bits per heavy atom. The van der Waals surface area contributed by atoms with E-state index in [0.29, 0.717) is 6.42 Å². The van der Waals surface area contributed by atoms with Gasteiger partial charge in [0.1, 0.15) is 5.69 Å². The number of benzene rings is 1. The Labute approximate surface area is 124 Å². The van der Waals surface area contributed by atoms with Crippen LogP contribution in [0.2, 0.25) is 0 Å². The van der Waals surface area contributed by atoms with Crippen LogP contribution in [-0.2, 0) is 11.3 Å². The van der Waals surface area contributed by atoms with Crippen LogP contribution in [0.15, 0.2) is 30.3 Å². The molecule has 0 bridgehead atoms. The third kappa shape index (κ3) is 2.51. The van der Waals surface area contributed by atoms with Crippen molar-refractivity contribution >= 4 is 23.1 Å². The first-order valence-electron chi connectivity index (χ1n) is 7.40. The molecule has 0 aliphatic carbocycles. The molecule has 1 amide bonds. The van der Waals surface area contributed by atoms with E-state index in [-0.39, 0.29) is 5.91 Å². The van der Waals surface area contributed by atoms with Gasteiger partial charge >= 0.3 is 0 Å². The normalized spacial score (nSPS) is 15.1. The summed E-state index contributed by atoms with van der Waals surface area (Å²) in [6.45, 7) is 5.59. The summed E-state index contributed by atoms with van der Waals surface area (Å²) < 4.78 is 1.96. The van der Waals surface area contributed by atoms with E-state index in [4.69, 9.17) is 0 Å². The van der Waals surface area contributed by atoms with Crippen molar-refractivity contribution in [3.63, 3.8) is 0 Å². The zero-order chi connectivity index (χ0) is 14.8. The number of carbonyl (C=O) groups is 1. The molecule has 5 heteroatoms. The smallest absolute Gasteiger partial charge is 0.224 e. The number of hydrogen-bond acceptors (Lipinski definition) is 3. The first kappa shape index (κ1) is 13.7. The zero-order valence-corrected chi connectivity index (χ0v) is 12.5. The minimum Gasteiger partial charge on any atom is -0.325 e. The van der Waals surface area contributed by atoms with E-state index in [0.717, 1.165) is 42.4 Å². The van der Waals surface area contributed by atoms with E-state index in [1.165, 1.54) is 0 Å². The molecule has 110 valence electrons. The molecule has 0 radical (unpaired) electrons. The largest absolute Gasteiger partial charge is 0.325 e. The molecule has 2 aromatic rings. The van der Waals surface area contributed by atoms with Crippen molar-refractivity contribution in [2.75, 3.05) is 16.8 Å². The molecule has 0 saturated carbocycles. The number of nitrogens with zero attached hydrogens (tertiary/aromatic N) is 3. The number of aryl methyl sites for hydroxylation is 2. The van der Waals surface area contributed by atoms with Crippen LogP contribution in [0.4, 0.5) is 17.2 Å². The van der Waals surface area contributed by atoms with Crippen molar-refractivity contribution in [2.24, 2.45) is 0 Å². The number of nitrogens with one attached hydrogen (secondary N) is 1. The summed E-state index contributed by atoms with van der Waals surface area (Å²) in [6, 6.07) is 10.3. The molecular weight excluding hydrogens is 264 g/mol. The lowest BCUT2D eigenvalue weighted by molar-refractivity contribution is -0.116. The minimum absolute atomic E-state index is 0.0720. The Bertz CT molecular complexity index is 648. The maximum atomic E-state index is 11.9. The molecule has 21 heavy (non-hydrogen) atoms. The summed E-state index contributed by atoms with van der Waals surface area (Å²) in [5.74, 6) is 1.05. The van der Waals surface area contributed by atoms with Gasteiger partial charge in [0.25, 0.3) is 0 Å². The number of aromatic nitrogens is 2. The lowest BCUT2D eigenvalue weighted by Crippen LogP contribution is -2.27. The Morgan fingerprint density at radius 1 is 1.29 bits per heavy atom. The standard InChI is InChI=1S/C16H20N4O/c1-3-20-16-15(12(2)18-20)17-14(21)10-7-11-19(16)13-8-5-4-6-9-13/h4-6,8-9H,3,7,10-11H2,1-2H3,(H,17,21). The van der Waals surface area contributed by atoms with Gasteiger partial charge in [-0.1, -0.05) is 18.2 Å². The fraction of sp³-hybridized carbons (Fsp3) is 0.375. The molecule has 0 spiro atoms. The fourth-order valence-electron chi connectivity index (χ4n) is 2.78. The predicted molar refractivity (Wildman–Crippen MR) is 83.9 cm³/mol. The van der Waals surface area contributed by atoms with E-state index in [1.807, 2.05) is 29.8 Å². The fourth-order valence-corrected chi connectivity index (χ4v) is 2.78. The van der Waals surface area contributed by atoms with Gasteiger partial charge in [0.15, 0.2) is 5.82 Å². The third-order valence-corrected chi connectivity index (χ3v) is 3.77. The van der Waals surface area contributed by atoms with Crippen molar-refractivity contribution in [3.05, 3.63) is 36.0 Å². The zero-order valence-electron chi connectivity index (χ0n) is 12.5. The maximum absolute atomic E-state index is 11.9. The summed E-state index contributed by atoms with van der Waals surface area (Å²) >= 11 is 0. The second-order valence-electron chi connectivity index (χ2n) is 5.24. The van der Waals surface area contributed by atoms with Gasteiger partial charge in [0.05, 0.1) is 5.69 Å². The number of anilines is 3. The molecule has 0 saturated heterocycles. The molecule has 0 unspecified atom stereocenters. The van der Waals surface area contributed by atoms with Gasteiger partial charge in [0, 0.05) is 25.2 Å². The molecule has 3 rings (SSSR count). The Morgan fingerprint density at radius 3 is 2.76 bits per heavy atom. The van der Waals surface area contributed by atoms with Crippen LogP contribution >= 0.6 is 0 Å². The molecule has 1 aromatic heterocycles. The monoisotopic (exact) mass is 284 g/mol. The highest BCUT2D eigenvalue weighted by molar-refractivity contribution is 5.96. The first-order valence-corrected chi connectivity index (χ1v) is 7.40. The average molecular weight is 284 g/mol. The van der Waals surface area contributed by atoms with Gasteiger partial charge < -0.3 is 10.2 Å². The highest BCUT2D eigenvalue weighted by atomic mass is 16.1. The highest BCUT2D eigenvalue weighted by Gasteiger charge is 2.25. The van der Waals surface area contributed by atoms with Crippen molar-refractivity contribution < 1.29 is 4.79 Å². The molecule has 1 aliphatic heterocycles. The van der Waals surface area contributed by atoms with Crippen LogP contribution in [0.1, 0.15) is 25.5 Å². The molecular formula is C16H20N4O. The van der Waals surface area contributed by atoms with Crippen molar-refractivity contribution in [3.8, 4) is 0 Å². The van der Waals surface area contributed by atoms with Gasteiger partial charge in [0.2, 0.25) is 5.91 Å². The second-order valence-corrected chi connectivity index (χ2v) is 5.24. The summed E-state index contributed by atoms with van der Waals surface area (Å²) in [4.78, 5) is 14.2. The predicted octanol–water partition coefficient (Wildman–Crippen LogP) is 3.08. The first-order chi connectivity index (χ1) is 10.2. The lowest BCUT2D eigenvalue weighted by Gasteiger charge is -2.28. The number of hydrogen-bond donors (Lipinski definition) is 1. The maximum Gasteiger partial charge on any atom is 0.224 e. The number of para-hydroxylation sites is 1. The Hall–Kier alpha value is -2.30. The number of fused-ring (bicyclic) bond motifs is 1. The third-order valence-electron chi connectivity index (χ3n) is 3.77. The summed E-state index contributed by atoms with van der Waals surface area (Å²) in [5, 5.41) is 7.59. The summed E-state index contributed by atoms with van der Waals surface area (Å²) in [6.07, 6.45) is 1.37. The van der Waals surface area contributed by atoms with Gasteiger partial charge in [-0.05, 0) is 32.4 Å². The van der Waals surface area contributed by atoms with Gasteiger partial charge in [-0.25, -0.2) is 4.68 Å². The van der Waals surface area contributed by atoms with E-state index in [9.17, 15) is 4.79 Å². The van der Waals surface area contributed by atoms with E-state index >= 15 is 0 Å². The molecule has 1 aromatic carbocycles. The molecule has 5 nitrogen and oxygen atoms in total. The number of carbonyl (C=O) groups excluding carboxylic acids is 1. The SMILES string of the molecule is CCn1nc(C)c2c1N(c1ccccc1)CCCC(=O)N2. The minimum atomic E-state index is 0.0720. The van der Waals surface area contributed by atoms with Crippen LogP contribution in [0, 0.1) is 6.92 Å². The van der Waals surface area contributed by atoms with Crippen LogP contribution in [0.3, 0.4) is 0 Å². The van der Waals surface area contributed by atoms with Crippen LogP contribution in [-0.4, -0.2) is 22.2 Å². The van der Waals surface area contributed by atoms with Crippen molar-refractivity contribution in [2.45, 2.75) is 33.2 Å².